The quantitative estimate of drug-likeness (QED) is 0.324. The van der Waals surface area contributed by atoms with Gasteiger partial charge in [0.2, 0.25) is 0 Å². The Morgan fingerprint density at radius 3 is 1.64 bits per heavy atom. The van der Waals surface area contributed by atoms with Gasteiger partial charge < -0.3 is 4.90 Å². The number of rotatable bonds is 6. The number of hydrogen-bond donors (Lipinski definition) is 2. The average Bonchev–Trinajstić information content (AvgIpc) is 2.83. The molecular weight excluding hydrogens is 414 g/mol. The summed E-state index contributed by atoms with van der Waals surface area (Å²) in [6.07, 6.45) is 8.36. The van der Waals surface area contributed by atoms with Gasteiger partial charge in [0, 0.05) is 17.1 Å². The highest BCUT2D eigenvalue weighted by atomic mass is 16.2. The van der Waals surface area contributed by atoms with Crippen LogP contribution in [-0.4, -0.2) is 17.8 Å². The van der Waals surface area contributed by atoms with Crippen LogP contribution in [0.4, 0.5) is 21.9 Å². The average molecular weight is 435 g/mol. The number of barbiturate groups is 1. The maximum atomic E-state index is 11.7. The molecule has 4 rings (SSSR count). The topological polar surface area (TPSA) is 78.5 Å². The number of hydrogen-bond acceptors (Lipinski definition) is 4. The highest BCUT2D eigenvalue weighted by Gasteiger charge is 2.26. The van der Waals surface area contributed by atoms with Crippen molar-refractivity contribution in [1.82, 2.24) is 10.6 Å². The number of benzene rings is 3. The minimum atomic E-state index is -0.812. The predicted molar refractivity (Wildman–Crippen MR) is 129 cm³/mol. The third-order valence-corrected chi connectivity index (χ3v) is 4.90. The Hall–Kier alpha value is -4.71. The Bertz CT molecular complexity index is 1180. The third-order valence-electron chi connectivity index (χ3n) is 4.90. The number of amides is 4. The van der Waals surface area contributed by atoms with E-state index in [1.54, 1.807) is 12.2 Å². The molecule has 0 aliphatic carbocycles. The van der Waals surface area contributed by atoms with E-state index in [9.17, 15) is 14.4 Å². The van der Waals surface area contributed by atoms with E-state index in [4.69, 9.17) is 0 Å². The number of carbonyl (C=O) groups is 3. The van der Waals surface area contributed by atoms with E-state index in [1.165, 1.54) is 6.08 Å². The Morgan fingerprint density at radius 2 is 1.09 bits per heavy atom. The normalized spacial score (nSPS) is 13.8. The van der Waals surface area contributed by atoms with Crippen LogP contribution in [0.3, 0.4) is 0 Å². The Balaban J connectivity index is 1.48. The Labute approximate surface area is 191 Å². The third kappa shape index (κ3) is 5.32. The summed E-state index contributed by atoms with van der Waals surface area (Å²) >= 11 is 0. The van der Waals surface area contributed by atoms with Gasteiger partial charge in [-0.25, -0.2) is 4.79 Å². The molecule has 1 saturated heterocycles. The lowest BCUT2D eigenvalue weighted by molar-refractivity contribution is -0.124. The molecule has 0 atom stereocenters. The molecule has 0 saturated carbocycles. The molecule has 1 fully saturated rings. The van der Waals surface area contributed by atoms with E-state index in [-0.39, 0.29) is 5.57 Å². The van der Waals surface area contributed by atoms with Gasteiger partial charge in [0.15, 0.2) is 0 Å². The van der Waals surface area contributed by atoms with E-state index >= 15 is 0 Å². The second-order valence-corrected chi connectivity index (χ2v) is 7.16. The smallest absolute Gasteiger partial charge is 0.311 e. The predicted octanol–water partition coefficient (Wildman–Crippen LogP) is 5.02. The van der Waals surface area contributed by atoms with Gasteiger partial charge in [-0.05, 0) is 48.0 Å². The number of nitrogens with zero attached hydrogens (tertiary/aromatic N) is 1. The maximum absolute atomic E-state index is 11.7. The molecule has 6 heteroatoms. The minimum Gasteiger partial charge on any atom is -0.311 e. The molecular formula is C27H21N3O3. The highest BCUT2D eigenvalue weighted by Crippen LogP contribution is 2.34. The summed E-state index contributed by atoms with van der Waals surface area (Å²) in [7, 11) is 0. The summed E-state index contributed by atoms with van der Waals surface area (Å²) in [5.41, 5.74) is 4.05. The molecule has 3 aromatic carbocycles. The molecule has 0 radical (unpaired) electrons. The molecule has 0 spiro atoms. The standard InChI is InChI=1S/C27H21N3O3/c31-25-24(26(32)29-27(33)28-25)15-9-1-4-10-20-16-18-23(19-17-20)30(21-11-5-2-6-12-21)22-13-7-3-8-14-22/h1-19H,(H2,28,29,31,32,33)/b9-1+,10-4+. The fraction of sp³-hybridized carbons (Fsp3) is 0. The molecule has 4 amide bonds. The van der Waals surface area contributed by atoms with Crippen LogP contribution in [0.5, 0.6) is 0 Å². The van der Waals surface area contributed by atoms with Crippen LogP contribution in [0.15, 0.2) is 115 Å². The number of carbonyl (C=O) groups excluding carboxylic acids is 3. The lowest BCUT2D eigenvalue weighted by atomic mass is 10.1. The molecule has 0 unspecified atom stereocenters. The summed E-state index contributed by atoms with van der Waals surface area (Å²) < 4.78 is 0. The number of imide groups is 2. The Morgan fingerprint density at radius 1 is 0.576 bits per heavy atom. The van der Waals surface area contributed by atoms with E-state index < -0.39 is 17.8 Å². The van der Waals surface area contributed by atoms with Gasteiger partial charge in [-0.3, -0.25) is 20.2 Å². The van der Waals surface area contributed by atoms with Crippen molar-refractivity contribution >= 4 is 41.0 Å². The van der Waals surface area contributed by atoms with Gasteiger partial charge in [-0.1, -0.05) is 72.8 Å². The molecule has 6 nitrogen and oxygen atoms in total. The van der Waals surface area contributed by atoms with Crippen molar-refractivity contribution in [2.75, 3.05) is 4.90 Å². The summed E-state index contributed by atoms with van der Waals surface area (Å²) in [5.74, 6) is -1.43. The second kappa shape index (κ2) is 10.1. The van der Waals surface area contributed by atoms with Crippen molar-refractivity contribution < 1.29 is 14.4 Å². The van der Waals surface area contributed by atoms with E-state index in [0.29, 0.717) is 0 Å². The van der Waals surface area contributed by atoms with Crippen LogP contribution < -0.4 is 15.5 Å². The highest BCUT2D eigenvalue weighted by molar-refractivity contribution is 6.29. The largest absolute Gasteiger partial charge is 0.328 e. The fourth-order valence-electron chi connectivity index (χ4n) is 3.35. The zero-order valence-corrected chi connectivity index (χ0v) is 17.6. The first kappa shape index (κ1) is 21.5. The first-order chi connectivity index (χ1) is 16.1. The lowest BCUT2D eigenvalue weighted by Gasteiger charge is -2.25. The molecule has 1 aliphatic rings. The van der Waals surface area contributed by atoms with E-state index in [2.05, 4.69) is 41.3 Å². The SMILES string of the molecule is O=C1NC(=O)C(=C/C=C/C=C/c2ccc(N(c3ccccc3)c3ccccc3)cc2)C(=O)N1. The molecule has 33 heavy (non-hydrogen) atoms. The Kier molecular flexibility index (Phi) is 6.56. The monoisotopic (exact) mass is 435 g/mol. The zero-order chi connectivity index (χ0) is 23.0. The van der Waals surface area contributed by atoms with Crippen LogP contribution in [0.25, 0.3) is 6.08 Å². The summed E-state index contributed by atoms with van der Waals surface area (Å²) in [6.45, 7) is 0. The van der Waals surface area contributed by atoms with Crippen LogP contribution >= 0.6 is 0 Å². The van der Waals surface area contributed by atoms with E-state index in [1.807, 2.05) is 71.3 Å². The van der Waals surface area contributed by atoms with Gasteiger partial charge in [-0.15, -0.1) is 0 Å². The molecule has 0 bridgehead atoms. The van der Waals surface area contributed by atoms with Crippen molar-refractivity contribution in [2.24, 2.45) is 0 Å². The van der Waals surface area contributed by atoms with Crippen LogP contribution in [0, 0.1) is 0 Å². The number of para-hydroxylation sites is 2. The van der Waals surface area contributed by atoms with Crippen LogP contribution in [-0.2, 0) is 9.59 Å². The summed E-state index contributed by atoms with van der Waals surface area (Å²) in [4.78, 5) is 36.6. The van der Waals surface area contributed by atoms with Crippen molar-refractivity contribution in [3.8, 4) is 0 Å². The zero-order valence-electron chi connectivity index (χ0n) is 17.6. The fourth-order valence-corrected chi connectivity index (χ4v) is 3.35. The van der Waals surface area contributed by atoms with Gasteiger partial charge >= 0.3 is 6.03 Å². The van der Waals surface area contributed by atoms with Crippen molar-refractivity contribution in [3.05, 3.63) is 120 Å². The number of urea groups is 1. The number of anilines is 3. The van der Waals surface area contributed by atoms with Crippen molar-refractivity contribution in [2.45, 2.75) is 0 Å². The number of allylic oxidation sites excluding steroid dienone is 4. The molecule has 2 N–H and O–H groups in total. The summed E-state index contributed by atoms with van der Waals surface area (Å²) in [6, 6.07) is 27.7. The van der Waals surface area contributed by atoms with Gasteiger partial charge in [0.05, 0.1) is 0 Å². The number of nitrogens with one attached hydrogen (secondary N) is 2. The van der Waals surface area contributed by atoms with Crippen LogP contribution in [0.2, 0.25) is 0 Å². The molecule has 0 aromatic heterocycles. The molecule has 162 valence electrons. The molecule has 1 aliphatic heterocycles. The first-order valence-electron chi connectivity index (χ1n) is 10.3. The summed E-state index contributed by atoms with van der Waals surface area (Å²) in [5, 5.41) is 4.06. The van der Waals surface area contributed by atoms with E-state index in [0.717, 1.165) is 22.6 Å². The lowest BCUT2D eigenvalue weighted by Crippen LogP contribution is -2.51. The first-order valence-corrected chi connectivity index (χ1v) is 10.3. The van der Waals surface area contributed by atoms with Crippen LogP contribution in [0.1, 0.15) is 5.56 Å². The van der Waals surface area contributed by atoms with Crippen molar-refractivity contribution in [3.63, 3.8) is 0 Å². The van der Waals surface area contributed by atoms with Gasteiger partial charge in [0.25, 0.3) is 11.8 Å². The minimum absolute atomic E-state index is 0.120. The second-order valence-electron chi connectivity index (χ2n) is 7.16. The molecule has 1 heterocycles. The molecule has 3 aromatic rings. The van der Waals surface area contributed by atoms with Crippen molar-refractivity contribution in [1.29, 1.82) is 0 Å². The van der Waals surface area contributed by atoms with Gasteiger partial charge in [-0.2, -0.15) is 0 Å². The van der Waals surface area contributed by atoms with Gasteiger partial charge in [0.1, 0.15) is 5.57 Å². The maximum Gasteiger partial charge on any atom is 0.328 e.